The van der Waals surface area contributed by atoms with Crippen LogP contribution >= 0.6 is 0 Å². The molecular weight excluding hydrogens is 212 g/mol. The van der Waals surface area contributed by atoms with E-state index in [0.717, 1.165) is 0 Å². The minimum atomic E-state index is -1.06. The number of benzene rings is 1. The van der Waals surface area contributed by atoms with Crippen LogP contribution in [0.5, 0.6) is 5.75 Å². The highest BCUT2D eigenvalue weighted by Crippen LogP contribution is 2.35. The molecule has 0 aliphatic heterocycles. The molecule has 2 nitrogen and oxygen atoms in total. The topological polar surface area (TPSA) is 44.0 Å². The molecule has 1 atom stereocenters. The summed E-state index contributed by atoms with van der Waals surface area (Å²) >= 11 is 0. The summed E-state index contributed by atoms with van der Waals surface area (Å²) in [6.45, 7) is 5.29. The Morgan fingerprint density at radius 1 is 1.56 bits per heavy atom. The number of phenols is 1. The van der Waals surface area contributed by atoms with Gasteiger partial charge < -0.3 is 5.11 Å². The molecule has 0 aromatic heterocycles. The van der Waals surface area contributed by atoms with Crippen molar-refractivity contribution >= 4 is 0 Å². The monoisotopic (exact) mass is 223 g/mol. The van der Waals surface area contributed by atoms with Gasteiger partial charge in [0, 0.05) is 17.5 Å². The third kappa shape index (κ3) is 1.89. The molecule has 0 amide bonds. The van der Waals surface area contributed by atoms with Crippen molar-refractivity contribution in [1.29, 1.82) is 5.26 Å². The summed E-state index contributed by atoms with van der Waals surface area (Å²) in [4.78, 5) is 0. The van der Waals surface area contributed by atoms with Gasteiger partial charge in [-0.25, -0.2) is 8.78 Å². The van der Waals surface area contributed by atoms with Crippen LogP contribution in [0.15, 0.2) is 18.7 Å². The lowest BCUT2D eigenvalue weighted by atomic mass is 9.93. The summed E-state index contributed by atoms with van der Waals surface area (Å²) in [6, 6.07) is 2.12. The molecule has 1 rings (SSSR count). The predicted molar refractivity (Wildman–Crippen MR) is 56.0 cm³/mol. The van der Waals surface area contributed by atoms with Gasteiger partial charge in [0.05, 0.1) is 0 Å². The van der Waals surface area contributed by atoms with Crippen molar-refractivity contribution in [3.63, 3.8) is 0 Å². The molecule has 84 valence electrons. The SMILES string of the molecule is C=CC(CC)c1c(F)cc(F)c(C#N)c1O. The van der Waals surface area contributed by atoms with Crippen molar-refractivity contribution in [1.82, 2.24) is 0 Å². The zero-order chi connectivity index (χ0) is 12.3. The van der Waals surface area contributed by atoms with Crippen LogP contribution in [0, 0.1) is 23.0 Å². The van der Waals surface area contributed by atoms with Gasteiger partial charge in [0.25, 0.3) is 0 Å². The molecule has 0 saturated carbocycles. The fourth-order valence-electron chi connectivity index (χ4n) is 1.57. The van der Waals surface area contributed by atoms with Crippen molar-refractivity contribution in [3.8, 4) is 11.8 Å². The molecule has 4 heteroatoms. The van der Waals surface area contributed by atoms with E-state index in [2.05, 4.69) is 6.58 Å². The van der Waals surface area contributed by atoms with Crippen LogP contribution in [-0.2, 0) is 0 Å². The number of phenolic OH excluding ortho intramolecular Hbond substituents is 1. The molecule has 1 aromatic rings. The lowest BCUT2D eigenvalue weighted by Crippen LogP contribution is -2.01. The van der Waals surface area contributed by atoms with E-state index in [0.29, 0.717) is 12.5 Å². The summed E-state index contributed by atoms with van der Waals surface area (Å²) in [7, 11) is 0. The first-order valence-electron chi connectivity index (χ1n) is 4.80. The van der Waals surface area contributed by atoms with Crippen LogP contribution < -0.4 is 0 Å². The van der Waals surface area contributed by atoms with E-state index in [4.69, 9.17) is 5.26 Å². The van der Waals surface area contributed by atoms with E-state index in [1.807, 2.05) is 0 Å². The molecule has 0 aliphatic carbocycles. The largest absolute Gasteiger partial charge is 0.506 e. The highest BCUT2D eigenvalue weighted by molar-refractivity contribution is 5.51. The van der Waals surface area contributed by atoms with Gasteiger partial charge in [-0.2, -0.15) is 5.26 Å². The van der Waals surface area contributed by atoms with E-state index in [-0.39, 0.29) is 5.56 Å². The third-order valence-electron chi connectivity index (χ3n) is 2.45. The first-order valence-corrected chi connectivity index (χ1v) is 4.80. The van der Waals surface area contributed by atoms with Gasteiger partial charge in [-0.3, -0.25) is 0 Å². The smallest absolute Gasteiger partial charge is 0.147 e. The molecule has 0 fully saturated rings. The average molecular weight is 223 g/mol. The maximum atomic E-state index is 13.5. The molecule has 1 aromatic carbocycles. The van der Waals surface area contributed by atoms with Crippen LogP contribution in [0.2, 0.25) is 0 Å². The fourth-order valence-corrected chi connectivity index (χ4v) is 1.57. The molecule has 0 radical (unpaired) electrons. The lowest BCUT2D eigenvalue weighted by molar-refractivity contribution is 0.442. The van der Waals surface area contributed by atoms with Gasteiger partial charge in [-0.15, -0.1) is 6.58 Å². The molecule has 0 aliphatic rings. The Morgan fingerprint density at radius 2 is 2.19 bits per heavy atom. The number of allylic oxidation sites excluding steroid dienone is 1. The highest BCUT2D eigenvalue weighted by atomic mass is 19.1. The molecule has 0 heterocycles. The van der Waals surface area contributed by atoms with Gasteiger partial charge in [-0.05, 0) is 6.42 Å². The fraction of sp³-hybridized carbons (Fsp3) is 0.250. The zero-order valence-electron chi connectivity index (χ0n) is 8.80. The Labute approximate surface area is 92.4 Å². The van der Waals surface area contributed by atoms with Gasteiger partial charge in [-0.1, -0.05) is 13.0 Å². The maximum Gasteiger partial charge on any atom is 0.147 e. The second kappa shape index (κ2) is 4.75. The van der Waals surface area contributed by atoms with Crippen LogP contribution in [0.4, 0.5) is 8.78 Å². The highest BCUT2D eigenvalue weighted by Gasteiger charge is 2.22. The first-order chi connectivity index (χ1) is 7.56. The number of aromatic hydroxyl groups is 1. The van der Waals surface area contributed by atoms with Crippen LogP contribution in [0.3, 0.4) is 0 Å². The lowest BCUT2D eigenvalue weighted by Gasteiger charge is -2.14. The Bertz CT molecular complexity index is 463. The summed E-state index contributed by atoms with van der Waals surface area (Å²) in [5.74, 6) is -2.99. The molecular formula is C12H11F2NO. The molecule has 16 heavy (non-hydrogen) atoms. The third-order valence-corrected chi connectivity index (χ3v) is 2.45. The van der Waals surface area contributed by atoms with Crippen molar-refractivity contribution in [3.05, 3.63) is 41.5 Å². The Kier molecular flexibility index (Phi) is 3.62. The minimum Gasteiger partial charge on any atom is -0.506 e. The summed E-state index contributed by atoms with van der Waals surface area (Å²) in [5.41, 5.74) is -0.604. The number of hydrogen-bond donors (Lipinski definition) is 1. The first kappa shape index (κ1) is 12.2. The van der Waals surface area contributed by atoms with Crippen molar-refractivity contribution in [2.45, 2.75) is 19.3 Å². The second-order valence-corrected chi connectivity index (χ2v) is 3.34. The molecule has 1 N–H and O–H groups in total. The van der Waals surface area contributed by atoms with Crippen LogP contribution in [-0.4, -0.2) is 5.11 Å². The molecule has 0 saturated heterocycles. The van der Waals surface area contributed by atoms with Crippen LogP contribution in [0.25, 0.3) is 0 Å². The number of nitrogens with zero attached hydrogens (tertiary/aromatic N) is 1. The maximum absolute atomic E-state index is 13.5. The van der Waals surface area contributed by atoms with Crippen molar-refractivity contribution in [2.75, 3.05) is 0 Å². The Morgan fingerprint density at radius 3 is 2.62 bits per heavy atom. The average Bonchev–Trinajstić information content (AvgIpc) is 2.24. The number of halogens is 2. The molecule has 0 spiro atoms. The van der Waals surface area contributed by atoms with Gasteiger partial charge >= 0.3 is 0 Å². The predicted octanol–water partition coefficient (Wildman–Crippen LogP) is 3.22. The van der Waals surface area contributed by atoms with Gasteiger partial charge in [0.1, 0.15) is 29.0 Å². The Balaban J connectivity index is 3.51. The summed E-state index contributed by atoms with van der Waals surface area (Å²) in [5, 5.41) is 18.3. The van der Waals surface area contributed by atoms with E-state index in [1.165, 1.54) is 12.1 Å². The summed E-state index contributed by atoms with van der Waals surface area (Å²) < 4.78 is 26.6. The minimum absolute atomic E-state index is 0.0737. The van der Waals surface area contributed by atoms with Gasteiger partial charge in [0.2, 0.25) is 0 Å². The van der Waals surface area contributed by atoms with E-state index in [9.17, 15) is 13.9 Å². The number of nitriles is 1. The summed E-state index contributed by atoms with van der Waals surface area (Å²) in [6.07, 6.45) is 1.96. The molecule has 1 unspecified atom stereocenters. The normalized spacial score (nSPS) is 11.9. The standard InChI is InChI=1S/C12H11F2NO/c1-3-7(4-2)11-10(14)5-9(13)8(6-15)12(11)16/h3,5,7,16H,1,4H2,2H3. The van der Waals surface area contributed by atoms with E-state index < -0.39 is 28.9 Å². The number of hydrogen-bond acceptors (Lipinski definition) is 2. The van der Waals surface area contributed by atoms with E-state index in [1.54, 1.807) is 6.92 Å². The zero-order valence-corrected chi connectivity index (χ0v) is 8.80. The molecule has 0 bridgehead atoms. The van der Waals surface area contributed by atoms with Crippen molar-refractivity contribution in [2.24, 2.45) is 0 Å². The Hall–Kier alpha value is -1.89. The van der Waals surface area contributed by atoms with Crippen LogP contribution in [0.1, 0.15) is 30.4 Å². The quantitative estimate of drug-likeness (QED) is 0.799. The van der Waals surface area contributed by atoms with Gasteiger partial charge in [0.15, 0.2) is 0 Å². The second-order valence-electron chi connectivity index (χ2n) is 3.34. The number of rotatable bonds is 3. The van der Waals surface area contributed by atoms with Crippen molar-refractivity contribution < 1.29 is 13.9 Å². The van der Waals surface area contributed by atoms with E-state index >= 15 is 0 Å².